The summed E-state index contributed by atoms with van der Waals surface area (Å²) in [5.41, 5.74) is 0.385. The number of rotatable bonds is 4. The monoisotopic (exact) mass is 436 g/mol. The number of carboxylic acid groups (broad SMARTS) is 1. The fourth-order valence-electron chi connectivity index (χ4n) is 3.01. The number of para-hydroxylation sites is 1. The second-order valence-corrected chi connectivity index (χ2v) is 6.88. The number of furan rings is 1. The average Bonchev–Trinajstić information content (AvgIpc) is 3.21. The molecule has 7 nitrogen and oxygen atoms in total. The van der Waals surface area contributed by atoms with Crippen molar-refractivity contribution < 1.29 is 28.3 Å². The minimum atomic E-state index is -1.05. The van der Waals surface area contributed by atoms with Crippen molar-refractivity contribution in [1.82, 2.24) is 5.32 Å². The van der Waals surface area contributed by atoms with Gasteiger partial charge in [0.2, 0.25) is 0 Å². The van der Waals surface area contributed by atoms with Crippen LogP contribution in [0, 0.1) is 5.82 Å². The Balaban J connectivity index is 1.65. The molecule has 154 valence electrons. The van der Waals surface area contributed by atoms with Gasteiger partial charge in [0.05, 0.1) is 11.3 Å². The number of thiocarbonyl (C=S) groups is 1. The van der Waals surface area contributed by atoms with E-state index in [-0.39, 0.29) is 27.7 Å². The van der Waals surface area contributed by atoms with Crippen LogP contribution in [0.1, 0.15) is 16.1 Å². The standard InChI is InChI=1S/C22H13FN2O5S/c23-16-3-1-2-4-17(16)25-20(27)15(19(26)24-22(25)31)11-14-9-10-18(30-14)12-5-7-13(8-6-12)21(28)29/h1-11H,(H,28,29)(H,24,26,31)/b15-11+. The van der Waals surface area contributed by atoms with Gasteiger partial charge in [-0.05, 0) is 54.7 Å². The van der Waals surface area contributed by atoms with Gasteiger partial charge in [-0.1, -0.05) is 24.3 Å². The van der Waals surface area contributed by atoms with Crippen LogP contribution >= 0.6 is 12.2 Å². The summed E-state index contributed by atoms with van der Waals surface area (Å²) >= 11 is 5.05. The molecule has 1 aliphatic heterocycles. The summed E-state index contributed by atoms with van der Waals surface area (Å²) in [4.78, 5) is 37.2. The summed E-state index contributed by atoms with van der Waals surface area (Å²) in [6, 6.07) is 14.8. The van der Waals surface area contributed by atoms with Gasteiger partial charge in [0.1, 0.15) is 22.9 Å². The third-order valence-corrected chi connectivity index (χ3v) is 4.81. The molecular weight excluding hydrogens is 423 g/mol. The molecule has 1 saturated heterocycles. The average molecular weight is 436 g/mol. The van der Waals surface area contributed by atoms with Crippen molar-refractivity contribution in [2.75, 3.05) is 4.90 Å². The van der Waals surface area contributed by atoms with Gasteiger partial charge in [0.15, 0.2) is 5.11 Å². The SMILES string of the molecule is O=C1NC(=S)N(c2ccccc2F)C(=O)/C1=C/c1ccc(-c2ccc(C(=O)O)cc2)o1. The molecule has 1 aromatic heterocycles. The number of nitrogens with zero attached hydrogens (tertiary/aromatic N) is 1. The second kappa shape index (κ2) is 7.96. The van der Waals surface area contributed by atoms with E-state index in [0.29, 0.717) is 11.3 Å². The van der Waals surface area contributed by atoms with Crippen molar-refractivity contribution >= 4 is 46.9 Å². The molecule has 2 heterocycles. The van der Waals surface area contributed by atoms with Crippen molar-refractivity contribution in [3.63, 3.8) is 0 Å². The Labute approximate surface area is 180 Å². The third-order valence-electron chi connectivity index (χ3n) is 4.52. The highest BCUT2D eigenvalue weighted by molar-refractivity contribution is 7.80. The fourth-order valence-corrected chi connectivity index (χ4v) is 3.29. The molecule has 0 aliphatic carbocycles. The van der Waals surface area contributed by atoms with E-state index in [0.717, 1.165) is 4.90 Å². The number of amides is 2. The normalized spacial score (nSPS) is 15.3. The Morgan fingerprint density at radius 2 is 1.77 bits per heavy atom. The van der Waals surface area contributed by atoms with Crippen LogP contribution in [0.5, 0.6) is 0 Å². The first-order valence-corrected chi connectivity index (χ1v) is 9.35. The number of hydrogen-bond donors (Lipinski definition) is 2. The molecule has 31 heavy (non-hydrogen) atoms. The van der Waals surface area contributed by atoms with Gasteiger partial charge < -0.3 is 9.52 Å². The zero-order valence-electron chi connectivity index (χ0n) is 15.7. The topological polar surface area (TPSA) is 99.9 Å². The molecule has 2 amide bonds. The van der Waals surface area contributed by atoms with Crippen LogP contribution in [-0.2, 0) is 9.59 Å². The van der Waals surface area contributed by atoms with Gasteiger partial charge in [0, 0.05) is 5.56 Å². The number of carbonyl (C=O) groups is 3. The Kier molecular flexibility index (Phi) is 5.18. The maximum absolute atomic E-state index is 14.2. The van der Waals surface area contributed by atoms with Crippen LogP contribution in [0.25, 0.3) is 17.4 Å². The smallest absolute Gasteiger partial charge is 0.335 e. The van der Waals surface area contributed by atoms with Crippen LogP contribution in [0.2, 0.25) is 0 Å². The van der Waals surface area contributed by atoms with Gasteiger partial charge in [-0.3, -0.25) is 14.9 Å². The minimum Gasteiger partial charge on any atom is -0.478 e. The first kappa shape index (κ1) is 20.2. The highest BCUT2D eigenvalue weighted by Crippen LogP contribution is 2.27. The third kappa shape index (κ3) is 3.86. The molecule has 0 bridgehead atoms. The predicted molar refractivity (Wildman–Crippen MR) is 114 cm³/mol. The Bertz CT molecular complexity index is 1260. The van der Waals surface area contributed by atoms with E-state index in [1.165, 1.54) is 36.4 Å². The summed E-state index contributed by atoms with van der Waals surface area (Å²) in [7, 11) is 0. The lowest BCUT2D eigenvalue weighted by molar-refractivity contribution is -0.122. The van der Waals surface area contributed by atoms with Crippen LogP contribution in [0.4, 0.5) is 10.1 Å². The highest BCUT2D eigenvalue weighted by atomic mass is 32.1. The van der Waals surface area contributed by atoms with E-state index >= 15 is 0 Å². The molecule has 0 spiro atoms. The summed E-state index contributed by atoms with van der Waals surface area (Å²) < 4.78 is 19.9. The van der Waals surface area contributed by atoms with E-state index in [2.05, 4.69) is 5.32 Å². The largest absolute Gasteiger partial charge is 0.478 e. The van der Waals surface area contributed by atoms with Crippen molar-refractivity contribution in [1.29, 1.82) is 0 Å². The molecule has 1 aliphatic rings. The zero-order chi connectivity index (χ0) is 22.1. The fraction of sp³-hybridized carbons (Fsp3) is 0. The Morgan fingerprint density at radius 3 is 2.45 bits per heavy atom. The summed E-state index contributed by atoms with van der Waals surface area (Å²) in [6.45, 7) is 0. The van der Waals surface area contributed by atoms with Crippen LogP contribution in [-0.4, -0.2) is 28.0 Å². The van der Waals surface area contributed by atoms with Gasteiger partial charge in [0.25, 0.3) is 11.8 Å². The lowest BCUT2D eigenvalue weighted by Crippen LogP contribution is -2.54. The quantitative estimate of drug-likeness (QED) is 0.368. The lowest BCUT2D eigenvalue weighted by Gasteiger charge is -2.28. The molecule has 2 N–H and O–H groups in total. The van der Waals surface area contributed by atoms with E-state index in [4.69, 9.17) is 21.7 Å². The molecule has 0 radical (unpaired) electrons. The number of benzene rings is 2. The Hall–Kier alpha value is -4.11. The van der Waals surface area contributed by atoms with Crippen molar-refractivity contribution in [2.45, 2.75) is 0 Å². The molecule has 2 aromatic carbocycles. The maximum atomic E-state index is 14.2. The van der Waals surface area contributed by atoms with Gasteiger partial charge in [-0.15, -0.1) is 0 Å². The summed E-state index contributed by atoms with van der Waals surface area (Å²) in [5, 5.41) is 11.1. The molecule has 9 heteroatoms. The Morgan fingerprint density at radius 1 is 1.06 bits per heavy atom. The first-order chi connectivity index (χ1) is 14.8. The van der Waals surface area contributed by atoms with Crippen LogP contribution in [0.15, 0.2) is 70.7 Å². The number of nitrogens with one attached hydrogen (secondary N) is 1. The van der Waals surface area contributed by atoms with E-state index in [9.17, 15) is 18.8 Å². The molecular formula is C22H13FN2O5S. The van der Waals surface area contributed by atoms with Crippen LogP contribution in [0.3, 0.4) is 0 Å². The van der Waals surface area contributed by atoms with Gasteiger partial charge >= 0.3 is 5.97 Å². The molecule has 0 unspecified atom stereocenters. The van der Waals surface area contributed by atoms with Gasteiger partial charge in [-0.2, -0.15) is 0 Å². The number of anilines is 1. The number of halogens is 1. The van der Waals surface area contributed by atoms with Crippen molar-refractivity contribution in [3.05, 3.63) is 83.4 Å². The molecule has 0 saturated carbocycles. The molecule has 0 atom stereocenters. The number of carboxylic acids is 1. The maximum Gasteiger partial charge on any atom is 0.335 e. The van der Waals surface area contributed by atoms with E-state index in [1.807, 2.05) is 0 Å². The zero-order valence-corrected chi connectivity index (χ0v) is 16.5. The van der Waals surface area contributed by atoms with Crippen molar-refractivity contribution in [3.8, 4) is 11.3 Å². The van der Waals surface area contributed by atoms with Crippen molar-refractivity contribution in [2.24, 2.45) is 0 Å². The van der Waals surface area contributed by atoms with Crippen LogP contribution < -0.4 is 10.2 Å². The second-order valence-electron chi connectivity index (χ2n) is 6.49. The number of aromatic carboxylic acids is 1. The summed E-state index contributed by atoms with van der Waals surface area (Å²) in [5.74, 6) is -2.62. The first-order valence-electron chi connectivity index (χ1n) is 8.94. The summed E-state index contributed by atoms with van der Waals surface area (Å²) in [6.07, 6.45) is 1.24. The molecule has 4 rings (SSSR count). The number of carbonyl (C=O) groups excluding carboxylic acids is 2. The lowest BCUT2D eigenvalue weighted by atomic mass is 10.1. The van der Waals surface area contributed by atoms with E-state index < -0.39 is 23.6 Å². The van der Waals surface area contributed by atoms with E-state index in [1.54, 1.807) is 30.3 Å². The molecule has 3 aromatic rings. The molecule has 1 fully saturated rings. The number of hydrogen-bond acceptors (Lipinski definition) is 5. The van der Waals surface area contributed by atoms with Gasteiger partial charge in [-0.25, -0.2) is 14.1 Å². The minimum absolute atomic E-state index is 0.0814. The predicted octanol–water partition coefficient (Wildman–Crippen LogP) is 3.62. The highest BCUT2D eigenvalue weighted by Gasteiger charge is 2.35.